The molecule has 2 N–H and O–H groups in total. The summed E-state index contributed by atoms with van der Waals surface area (Å²) in [4.78, 5) is 22.7. The second-order valence-electron chi connectivity index (χ2n) is 3.58. The fourth-order valence-corrected chi connectivity index (χ4v) is 1.29. The minimum Gasteiger partial charge on any atom is -0.481 e. The van der Waals surface area contributed by atoms with E-state index in [9.17, 15) is 9.59 Å². The number of hydrogen-bond donors (Lipinski definition) is 2. The Morgan fingerprint density at radius 2 is 1.53 bits per heavy atom. The van der Waals surface area contributed by atoms with Crippen LogP contribution in [0, 0.1) is 0 Å². The Morgan fingerprint density at radius 1 is 1.13 bits per heavy atom. The first-order valence-corrected chi connectivity index (χ1v) is 5.15. The molecule has 0 aromatic heterocycles. The standard InChI is InChI=1S/C10H19NO4/c1-3-8(2)11(6-4-9(12)13)7-5-10(14)15/h8H,3-7H2,1-2H3,(H,12,13)(H,14,15). The maximum atomic E-state index is 10.4. The molecule has 0 aliphatic heterocycles. The van der Waals surface area contributed by atoms with Crippen molar-refractivity contribution in [3.8, 4) is 0 Å². The van der Waals surface area contributed by atoms with Crippen LogP contribution in [0.25, 0.3) is 0 Å². The van der Waals surface area contributed by atoms with Crippen molar-refractivity contribution in [1.82, 2.24) is 4.90 Å². The van der Waals surface area contributed by atoms with Gasteiger partial charge in [-0.05, 0) is 13.3 Å². The van der Waals surface area contributed by atoms with Crippen LogP contribution in [0.3, 0.4) is 0 Å². The van der Waals surface area contributed by atoms with Gasteiger partial charge in [0.05, 0.1) is 12.8 Å². The third-order valence-corrected chi connectivity index (χ3v) is 2.44. The lowest BCUT2D eigenvalue weighted by Gasteiger charge is -2.27. The van der Waals surface area contributed by atoms with Gasteiger partial charge >= 0.3 is 11.9 Å². The van der Waals surface area contributed by atoms with Crippen molar-refractivity contribution in [3.05, 3.63) is 0 Å². The fourth-order valence-electron chi connectivity index (χ4n) is 1.29. The minimum atomic E-state index is -0.848. The monoisotopic (exact) mass is 217 g/mol. The predicted octanol–water partition coefficient (Wildman–Crippen LogP) is 1.04. The molecule has 0 amide bonds. The second-order valence-corrected chi connectivity index (χ2v) is 3.58. The summed E-state index contributed by atoms with van der Waals surface area (Å²) in [6.07, 6.45) is 1.01. The third kappa shape index (κ3) is 6.90. The van der Waals surface area contributed by atoms with E-state index >= 15 is 0 Å². The van der Waals surface area contributed by atoms with Crippen LogP contribution in [0.15, 0.2) is 0 Å². The van der Waals surface area contributed by atoms with Gasteiger partial charge in [0, 0.05) is 19.1 Å². The molecule has 0 aromatic rings. The van der Waals surface area contributed by atoms with Gasteiger partial charge in [-0.15, -0.1) is 0 Å². The smallest absolute Gasteiger partial charge is 0.304 e. The van der Waals surface area contributed by atoms with E-state index in [1.54, 1.807) is 0 Å². The zero-order chi connectivity index (χ0) is 11.8. The largest absolute Gasteiger partial charge is 0.481 e. The zero-order valence-corrected chi connectivity index (χ0v) is 9.27. The molecule has 0 saturated carbocycles. The molecule has 15 heavy (non-hydrogen) atoms. The van der Waals surface area contributed by atoms with Crippen LogP contribution in [-0.4, -0.2) is 46.2 Å². The Hall–Kier alpha value is -1.10. The number of carboxylic acids is 2. The maximum Gasteiger partial charge on any atom is 0.304 e. The number of rotatable bonds is 8. The average Bonchev–Trinajstić information content (AvgIpc) is 2.16. The molecule has 5 heteroatoms. The third-order valence-electron chi connectivity index (χ3n) is 2.44. The van der Waals surface area contributed by atoms with Crippen molar-refractivity contribution in [2.75, 3.05) is 13.1 Å². The first-order chi connectivity index (χ1) is 6.97. The Kier molecular flexibility index (Phi) is 6.70. The van der Waals surface area contributed by atoms with E-state index in [0.717, 1.165) is 6.42 Å². The summed E-state index contributed by atoms with van der Waals surface area (Å²) in [5, 5.41) is 17.1. The number of nitrogens with zero attached hydrogens (tertiary/aromatic N) is 1. The number of carbonyl (C=O) groups is 2. The van der Waals surface area contributed by atoms with E-state index in [0.29, 0.717) is 13.1 Å². The quantitative estimate of drug-likeness (QED) is 0.635. The normalized spacial score (nSPS) is 12.7. The van der Waals surface area contributed by atoms with E-state index in [1.807, 2.05) is 18.7 Å². The lowest BCUT2D eigenvalue weighted by atomic mass is 10.2. The van der Waals surface area contributed by atoms with Gasteiger partial charge in [-0.2, -0.15) is 0 Å². The Balaban J connectivity index is 4.05. The predicted molar refractivity (Wildman–Crippen MR) is 55.8 cm³/mol. The number of aliphatic carboxylic acids is 2. The summed E-state index contributed by atoms with van der Waals surface area (Å²) in [7, 11) is 0. The first kappa shape index (κ1) is 13.9. The van der Waals surface area contributed by atoms with E-state index < -0.39 is 11.9 Å². The van der Waals surface area contributed by atoms with Gasteiger partial charge in [0.2, 0.25) is 0 Å². The molecule has 0 aliphatic carbocycles. The molecule has 5 nitrogen and oxygen atoms in total. The summed E-state index contributed by atoms with van der Waals surface area (Å²) in [5.41, 5.74) is 0. The van der Waals surface area contributed by atoms with Crippen LogP contribution in [0.4, 0.5) is 0 Å². The second kappa shape index (κ2) is 7.23. The molecular formula is C10H19NO4. The van der Waals surface area contributed by atoms with Crippen molar-refractivity contribution in [3.63, 3.8) is 0 Å². The van der Waals surface area contributed by atoms with Gasteiger partial charge in [0.15, 0.2) is 0 Å². The molecule has 1 unspecified atom stereocenters. The van der Waals surface area contributed by atoms with E-state index in [4.69, 9.17) is 10.2 Å². The van der Waals surface area contributed by atoms with E-state index in [-0.39, 0.29) is 18.9 Å². The SMILES string of the molecule is CCC(C)N(CCC(=O)O)CCC(=O)O. The molecular weight excluding hydrogens is 198 g/mol. The molecule has 0 bridgehead atoms. The highest BCUT2D eigenvalue weighted by Crippen LogP contribution is 2.05. The van der Waals surface area contributed by atoms with Crippen LogP contribution >= 0.6 is 0 Å². The van der Waals surface area contributed by atoms with Crippen LogP contribution in [0.2, 0.25) is 0 Å². The number of hydrogen-bond acceptors (Lipinski definition) is 3. The summed E-state index contributed by atoms with van der Waals surface area (Å²) < 4.78 is 0. The van der Waals surface area contributed by atoms with E-state index in [1.165, 1.54) is 0 Å². The van der Waals surface area contributed by atoms with Gasteiger partial charge in [0.25, 0.3) is 0 Å². The minimum absolute atomic E-state index is 0.0595. The van der Waals surface area contributed by atoms with Crippen molar-refractivity contribution in [1.29, 1.82) is 0 Å². The van der Waals surface area contributed by atoms with Crippen LogP contribution in [0.1, 0.15) is 33.1 Å². The van der Waals surface area contributed by atoms with Gasteiger partial charge in [-0.3, -0.25) is 14.5 Å². The highest BCUT2D eigenvalue weighted by atomic mass is 16.4. The molecule has 0 heterocycles. The summed E-state index contributed by atoms with van der Waals surface area (Å²) >= 11 is 0. The molecule has 0 aromatic carbocycles. The van der Waals surface area contributed by atoms with Crippen LogP contribution < -0.4 is 0 Å². The maximum absolute atomic E-state index is 10.4. The van der Waals surface area contributed by atoms with Gasteiger partial charge < -0.3 is 10.2 Å². The molecule has 0 saturated heterocycles. The van der Waals surface area contributed by atoms with Gasteiger partial charge in [-0.1, -0.05) is 6.92 Å². The zero-order valence-electron chi connectivity index (χ0n) is 9.27. The average molecular weight is 217 g/mol. The molecule has 0 radical (unpaired) electrons. The van der Waals surface area contributed by atoms with Gasteiger partial charge in [-0.25, -0.2) is 0 Å². The van der Waals surface area contributed by atoms with Crippen molar-refractivity contribution < 1.29 is 19.8 Å². The van der Waals surface area contributed by atoms with Crippen LogP contribution in [0.5, 0.6) is 0 Å². The lowest BCUT2D eigenvalue weighted by molar-refractivity contribution is -0.137. The number of carboxylic acid groups (broad SMARTS) is 2. The molecule has 1 atom stereocenters. The summed E-state index contributed by atoms with van der Waals surface area (Å²) in [6, 6.07) is 0.226. The Labute approximate surface area is 89.7 Å². The highest BCUT2D eigenvalue weighted by molar-refractivity contribution is 5.67. The fraction of sp³-hybridized carbons (Fsp3) is 0.800. The van der Waals surface area contributed by atoms with E-state index in [2.05, 4.69) is 0 Å². The van der Waals surface area contributed by atoms with Crippen molar-refractivity contribution in [2.45, 2.75) is 39.2 Å². The molecule has 0 aliphatic rings. The molecule has 0 rings (SSSR count). The van der Waals surface area contributed by atoms with Crippen molar-refractivity contribution in [2.24, 2.45) is 0 Å². The Bertz CT molecular complexity index is 199. The first-order valence-electron chi connectivity index (χ1n) is 5.15. The Morgan fingerprint density at radius 3 is 1.80 bits per heavy atom. The molecule has 0 fully saturated rings. The summed E-state index contributed by atoms with van der Waals surface area (Å²) in [5.74, 6) is -1.70. The molecule has 0 spiro atoms. The van der Waals surface area contributed by atoms with Crippen LogP contribution in [-0.2, 0) is 9.59 Å². The molecule has 88 valence electrons. The van der Waals surface area contributed by atoms with Gasteiger partial charge in [0.1, 0.15) is 0 Å². The topological polar surface area (TPSA) is 77.8 Å². The highest BCUT2D eigenvalue weighted by Gasteiger charge is 2.14. The van der Waals surface area contributed by atoms with Crippen molar-refractivity contribution >= 4 is 11.9 Å². The summed E-state index contributed by atoms with van der Waals surface area (Å²) in [6.45, 7) is 4.80. The lowest BCUT2D eigenvalue weighted by Crippen LogP contribution is -2.36.